The first-order valence-electron chi connectivity index (χ1n) is 8.93. The highest BCUT2D eigenvalue weighted by atomic mass is 16.2. The molecule has 1 unspecified atom stereocenters. The molecule has 3 amide bonds. The molecule has 2 N–H and O–H groups in total. The number of nitrogens with zero attached hydrogens (tertiary/aromatic N) is 3. The van der Waals surface area contributed by atoms with Crippen LogP contribution >= 0.6 is 0 Å². The van der Waals surface area contributed by atoms with E-state index in [0.29, 0.717) is 19.1 Å². The summed E-state index contributed by atoms with van der Waals surface area (Å²) in [6.07, 6.45) is 4.86. The molecule has 1 atom stereocenters. The van der Waals surface area contributed by atoms with E-state index in [1.165, 1.54) is 6.92 Å². The molecule has 1 aliphatic heterocycles. The van der Waals surface area contributed by atoms with Crippen LogP contribution in [0.3, 0.4) is 0 Å². The maximum Gasteiger partial charge on any atom is 0.317 e. The number of aromatic nitrogens is 1. The number of carbonyl (C=O) groups is 2. The predicted molar refractivity (Wildman–Crippen MR) is 97.0 cm³/mol. The fourth-order valence-corrected chi connectivity index (χ4v) is 3.12. The molecule has 1 aromatic rings. The predicted octanol–water partition coefficient (Wildman–Crippen LogP) is 1.21. The first-order valence-corrected chi connectivity index (χ1v) is 8.93. The molecule has 0 saturated carbocycles. The van der Waals surface area contributed by atoms with Gasteiger partial charge in [0.15, 0.2) is 0 Å². The van der Waals surface area contributed by atoms with E-state index in [-0.39, 0.29) is 11.9 Å². The van der Waals surface area contributed by atoms with E-state index in [9.17, 15) is 9.59 Å². The first-order chi connectivity index (χ1) is 12.1. The number of likely N-dealkylation sites (tertiary alicyclic amines) is 1. The number of hydrogen-bond donors (Lipinski definition) is 2. The van der Waals surface area contributed by atoms with Gasteiger partial charge in [0.2, 0.25) is 5.91 Å². The molecule has 0 spiro atoms. The minimum absolute atomic E-state index is 0.0432. The molecule has 1 fully saturated rings. The number of urea groups is 1. The minimum atomic E-state index is -0.0807. The third-order valence-electron chi connectivity index (χ3n) is 4.52. The Morgan fingerprint density at radius 1 is 1.24 bits per heavy atom. The number of rotatable bonds is 6. The van der Waals surface area contributed by atoms with Gasteiger partial charge in [-0.3, -0.25) is 14.7 Å². The molecule has 1 saturated heterocycles. The molecular formula is C18H29N5O2. The third kappa shape index (κ3) is 6.70. The molecule has 0 bridgehead atoms. The van der Waals surface area contributed by atoms with Gasteiger partial charge in [-0.2, -0.15) is 0 Å². The number of amides is 3. The van der Waals surface area contributed by atoms with Crippen molar-refractivity contribution in [3.63, 3.8) is 0 Å². The van der Waals surface area contributed by atoms with Gasteiger partial charge in [-0.25, -0.2) is 4.79 Å². The highest BCUT2D eigenvalue weighted by Crippen LogP contribution is 2.17. The van der Waals surface area contributed by atoms with E-state index in [0.717, 1.165) is 44.6 Å². The first kappa shape index (κ1) is 19.2. The van der Waals surface area contributed by atoms with Crippen LogP contribution in [0.4, 0.5) is 4.79 Å². The summed E-state index contributed by atoms with van der Waals surface area (Å²) in [6, 6.07) is 6.40. The Morgan fingerprint density at radius 2 is 2.04 bits per heavy atom. The van der Waals surface area contributed by atoms with E-state index in [2.05, 4.69) is 27.6 Å². The molecular weight excluding hydrogens is 318 g/mol. The molecule has 0 radical (unpaired) electrons. The highest BCUT2D eigenvalue weighted by Gasteiger charge is 2.23. The summed E-state index contributed by atoms with van der Waals surface area (Å²) in [7, 11) is 2.13. The number of hydrogen-bond acceptors (Lipinski definition) is 4. The molecule has 2 rings (SSSR count). The Balaban J connectivity index is 1.75. The number of pyridine rings is 1. The van der Waals surface area contributed by atoms with Gasteiger partial charge in [-0.05, 0) is 38.4 Å². The van der Waals surface area contributed by atoms with Crippen LogP contribution in [0.1, 0.15) is 31.9 Å². The highest BCUT2D eigenvalue weighted by molar-refractivity contribution is 5.74. The lowest BCUT2D eigenvalue weighted by Crippen LogP contribution is -2.43. The second-order valence-electron chi connectivity index (χ2n) is 6.52. The van der Waals surface area contributed by atoms with E-state index < -0.39 is 0 Å². The van der Waals surface area contributed by atoms with Gasteiger partial charge in [0.1, 0.15) is 0 Å². The Hall–Kier alpha value is -2.15. The van der Waals surface area contributed by atoms with Gasteiger partial charge in [-0.15, -0.1) is 0 Å². The lowest BCUT2D eigenvalue weighted by molar-refractivity contribution is -0.118. The third-order valence-corrected chi connectivity index (χ3v) is 4.52. The number of nitrogens with one attached hydrogen (secondary N) is 2. The largest absolute Gasteiger partial charge is 0.355 e. The van der Waals surface area contributed by atoms with Gasteiger partial charge < -0.3 is 15.5 Å². The minimum Gasteiger partial charge on any atom is -0.355 e. The van der Waals surface area contributed by atoms with Crippen LogP contribution in [0.25, 0.3) is 0 Å². The summed E-state index contributed by atoms with van der Waals surface area (Å²) < 4.78 is 0. The van der Waals surface area contributed by atoms with Crippen molar-refractivity contribution in [1.29, 1.82) is 0 Å². The SMILES string of the molecule is CC(=O)NCCNC(=O)N1CCCC(N(C)Cc2ccccn2)CC1. The fourth-order valence-electron chi connectivity index (χ4n) is 3.12. The van der Waals surface area contributed by atoms with Crippen molar-refractivity contribution in [2.45, 2.75) is 38.8 Å². The van der Waals surface area contributed by atoms with Crippen LogP contribution in [0.2, 0.25) is 0 Å². The summed E-state index contributed by atoms with van der Waals surface area (Å²) in [5.74, 6) is -0.0807. The maximum absolute atomic E-state index is 12.2. The van der Waals surface area contributed by atoms with Crippen molar-refractivity contribution >= 4 is 11.9 Å². The van der Waals surface area contributed by atoms with Crippen LogP contribution in [-0.2, 0) is 11.3 Å². The molecule has 25 heavy (non-hydrogen) atoms. The lowest BCUT2D eigenvalue weighted by atomic mass is 10.1. The zero-order valence-corrected chi connectivity index (χ0v) is 15.2. The molecule has 0 aromatic carbocycles. The van der Waals surface area contributed by atoms with Gasteiger partial charge in [0.05, 0.1) is 5.69 Å². The molecule has 0 aliphatic carbocycles. The van der Waals surface area contributed by atoms with Crippen LogP contribution < -0.4 is 10.6 Å². The topological polar surface area (TPSA) is 77.6 Å². The molecule has 1 aromatic heterocycles. The van der Waals surface area contributed by atoms with Crippen molar-refractivity contribution < 1.29 is 9.59 Å². The fraction of sp³-hybridized carbons (Fsp3) is 0.611. The van der Waals surface area contributed by atoms with Crippen molar-refractivity contribution in [3.8, 4) is 0 Å². The van der Waals surface area contributed by atoms with Gasteiger partial charge >= 0.3 is 6.03 Å². The maximum atomic E-state index is 12.2. The van der Waals surface area contributed by atoms with Crippen LogP contribution in [0, 0.1) is 0 Å². The molecule has 2 heterocycles. The number of carbonyl (C=O) groups excluding carboxylic acids is 2. The zero-order chi connectivity index (χ0) is 18.1. The summed E-state index contributed by atoms with van der Waals surface area (Å²) in [5.41, 5.74) is 1.07. The second-order valence-corrected chi connectivity index (χ2v) is 6.52. The Kier molecular flexibility index (Phi) is 7.66. The van der Waals surface area contributed by atoms with Gasteiger partial charge in [0, 0.05) is 51.9 Å². The van der Waals surface area contributed by atoms with Crippen LogP contribution in [0.5, 0.6) is 0 Å². The van der Waals surface area contributed by atoms with Crippen molar-refractivity contribution in [3.05, 3.63) is 30.1 Å². The standard InChI is InChI=1S/C18H29N5O2/c1-15(24)19-10-11-21-18(25)23-12-5-7-17(8-13-23)22(2)14-16-6-3-4-9-20-16/h3-4,6,9,17H,5,7-8,10-14H2,1-2H3,(H,19,24)(H,21,25). The average molecular weight is 347 g/mol. The van der Waals surface area contributed by atoms with Gasteiger partial charge in [0.25, 0.3) is 0 Å². The van der Waals surface area contributed by atoms with E-state index in [1.807, 2.05) is 29.3 Å². The summed E-state index contributed by atoms with van der Waals surface area (Å²) in [5, 5.41) is 5.54. The van der Waals surface area contributed by atoms with Crippen molar-refractivity contribution in [1.82, 2.24) is 25.4 Å². The summed E-state index contributed by atoms with van der Waals surface area (Å²) in [6.45, 7) is 4.75. The summed E-state index contributed by atoms with van der Waals surface area (Å²) >= 11 is 0. The van der Waals surface area contributed by atoms with Gasteiger partial charge in [-0.1, -0.05) is 6.07 Å². The zero-order valence-electron chi connectivity index (χ0n) is 15.2. The molecule has 1 aliphatic rings. The van der Waals surface area contributed by atoms with Crippen LogP contribution in [0.15, 0.2) is 24.4 Å². The molecule has 7 heteroatoms. The Morgan fingerprint density at radius 3 is 2.76 bits per heavy atom. The average Bonchev–Trinajstić information content (AvgIpc) is 2.85. The van der Waals surface area contributed by atoms with Crippen molar-refractivity contribution in [2.75, 3.05) is 33.2 Å². The molecule has 138 valence electrons. The van der Waals surface area contributed by atoms with E-state index in [4.69, 9.17) is 0 Å². The van der Waals surface area contributed by atoms with Crippen LogP contribution in [-0.4, -0.2) is 66.0 Å². The lowest BCUT2D eigenvalue weighted by Gasteiger charge is -2.27. The monoisotopic (exact) mass is 347 g/mol. The quantitative estimate of drug-likeness (QED) is 0.759. The molecule has 7 nitrogen and oxygen atoms in total. The van der Waals surface area contributed by atoms with E-state index in [1.54, 1.807) is 0 Å². The smallest absolute Gasteiger partial charge is 0.317 e. The Bertz CT molecular complexity index is 552. The van der Waals surface area contributed by atoms with Crippen molar-refractivity contribution in [2.24, 2.45) is 0 Å². The normalized spacial score (nSPS) is 17.9. The van der Waals surface area contributed by atoms with E-state index >= 15 is 0 Å². The Labute approximate surface area is 149 Å². The second kappa shape index (κ2) is 9.98. The summed E-state index contributed by atoms with van der Waals surface area (Å²) in [4.78, 5) is 31.7.